The number of aliphatic carboxylic acids is 1. The summed E-state index contributed by atoms with van der Waals surface area (Å²) >= 11 is 0. The second kappa shape index (κ2) is 8.09. The van der Waals surface area contributed by atoms with Gasteiger partial charge in [-0.3, -0.25) is 0 Å². The first-order valence-corrected chi connectivity index (χ1v) is 7.42. The molecule has 0 aliphatic carbocycles. The lowest BCUT2D eigenvalue weighted by Crippen LogP contribution is -2.54. The molecular formula is C14H27N3O3. The highest BCUT2D eigenvalue weighted by atomic mass is 16.4. The van der Waals surface area contributed by atoms with E-state index >= 15 is 0 Å². The van der Waals surface area contributed by atoms with Gasteiger partial charge in [0.1, 0.15) is 6.04 Å². The molecule has 1 saturated heterocycles. The third kappa shape index (κ3) is 5.36. The van der Waals surface area contributed by atoms with Crippen molar-refractivity contribution in [3.05, 3.63) is 0 Å². The topological polar surface area (TPSA) is 81.7 Å². The van der Waals surface area contributed by atoms with Gasteiger partial charge in [-0.15, -0.1) is 0 Å². The number of carbonyl (C=O) groups excluding carboxylic acids is 1. The predicted octanol–water partition coefficient (Wildman–Crippen LogP) is 1.27. The number of rotatable bonds is 6. The molecule has 1 aliphatic heterocycles. The van der Waals surface area contributed by atoms with E-state index < -0.39 is 12.0 Å². The third-order valence-electron chi connectivity index (χ3n) is 3.87. The Morgan fingerprint density at radius 3 is 2.70 bits per heavy atom. The van der Waals surface area contributed by atoms with Gasteiger partial charge in [-0.25, -0.2) is 9.59 Å². The largest absolute Gasteiger partial charge is 0.480 e. The van der Waals surface area contributed by atoms with E-state index in [0.29, 0.717) is 12.3 Å². The van der Waals surface area contributed by atoms with Crippen molar-refractivity contribution in [1.82, 2.24) is 15.5 Å². The van der Waals surface area contributed by atoms with Gasteiger partial charge in [0.2, 0.25) is 0 Å². The van der Waals surface area contributed by atoms with Gasteiger partial charge in [-0.2, -0.15) is 0 Å². The molecule has 3 atom stereocenters. The first-order valence-electron chi connectivity index (χ1n) is 7.42. The van der Waals surface area contributed by atoms with Gasteiger partial charge in [0.25, 0.3) is 0 Å². The number of nitrogens with zero attached hydrogens (tertiary/aromatic N) is 1. The van der Waals surface area contributed by atoms with Crippen LogP contribution in [0.15, 0.2) is 0 Å². The highest BCUT2D eigenvalue weighted by Gasteiger charge is 2.27. The first-order chi connectivity index (χ1) is 9.43. The highest BCUT2D eigenvalue weighted by molar-refractivity contribution is 5.82. The fourth-order valence-electron chi connectivity index (χ4n) is 2.60. The summed E-state index contributed by atoms with van der Waals surface area (Å²) in [5, 5.41) is 14.6. The van der Waals surface area contributed by atoms with Crippen molar-refractivity contribution in [3.8, 4) is 0 Å². The Labute approximate surface area is 120 Å². The minimum Gasteiger partial charge on any atom is -0.480 e. The molecule has 6 nitrogen and oxygen atoms in total. The summed E-state index contributed by atoms with van der Waals surface area (Å²) in [6, 6.07) is -1.04. The number of carboxylic acids is 1. The van der Waals surface area contributed by atoms with Gasteiger partial charge in [-0.1, -0.05) is 26.7 Å². The molecule has 6 heteroatoms. The molecule has 0 aromatic carbocycles. The Hall–Kier alpha value is -1.30. The van der Waals surface area contributed by atoms with E-state index in [2.05, 4.69) is 29.5 Å². The Morgan fingerprint density at radius 1 is 1.45 bits per heavy atom. The van der Waals surface area contributed by atoms with Crippen LogP contribution in [-0.4, -0.2) is 54.2 Å². The summed E-state index contributed by atoms with van der Waals surface area (Å²) in [5.41, 5.74) is 0. The van der Waals surface area contributed by atoms with E-state index in [4.69, 9.17) is 5.11 Å². The molecule has 3 N–H and O–H groups in total. The number of nitrogens with one attached hydrogen (secondary N) is 2. The van der Waals surface area contributed by atoms with Crippen molar-refractivity contribution in [3.63, 3.8) is 0 Å². The Kier molecular flexibility index (Phi) is 6.78. The van der Waals surface area contributed by atoms with Crippen molar-refractivity contribution in [2.24, 2.45) is 5.92 Å². The first kappa shape index (κ1) is 16.8. The molecule has 1 rings (SSSR count). The summed E-state index contributed by atoms with van der Waals surface area (Å²) < 4.78 is 0. The smallest absolute Gasteiger partial charge is 0.326 e. The van der Waals surface area contributed by atoms with Gasteiger partial charge in [0, 0.05) is 12.6 Å². The van der Waals surface area contributed by atoms with Gasteiger partial charge in [0.05, 0.1) is 0 Å². The molecular weight excluding hydrogens is 258 g/mol. The number of unbranched alkanes of at least 4 members (excludes halogenated alkanes) is 1. The summed E-state index contributed by atoms with van der Waals surface area (Å²) in [5.74, 6) is -0.594. The molecule has 0 bridgehead atoms. The van der Waals surface area contributed by atoms with Crippen LogP contribution < -0.4 is 10.6 Å². The highest BCUT2D eigenvalue weighted by Crippen LogP contribution is 2.15. The normalized spacial score (nSPS) is 24.9. The molecule has 0 radical (unpaired) electrons. The molecule has 2 amide bonds. The number of piperidine rings is 1. The van der Waals surface area contributed by atoms with E-state index in [1.54, 1.807) is 0 Å². The van der Waals surface area contributed by atoms with Crippen LogP contribution in [0.3, 0.4) is 0 Å². The van der Waals surface area contributed by atoms with Crippen molar-refractivity contribution in [2.75, 3.05) is 20.1 Å². The van der Waals surface area contributed by atoms with E-state index in [0.717, 1.165) is 32.4 Å². The minimum absolute atomic E-state index is 0.117. The number of carboxylic acid groups (broad SMARTS) is 1. The molecule has 1 fully saturated rings. The zero-order valence-electron chi connectivity index (χ0n) is 12.7. The van der Waals surface area contributed by atoms with Crippen molar-refractivity contribution >= 4 is 12.0 Å². The number of urea groups is 1. The van der Waals surface area contributed by atoms with Crippen molar-refractivity contribution < 1.29 is 14.7 Å². The molecule has 116 valence electrons. The van der Waals surface area contributed by atoms with Crippen LogP contribution in [0.1, 0.15) is 39.5 Å². The minimum atomic E-state index is -0.968. The van der Waals surface area contributed by atoms with E-state index in [1.165, 1.54) is 0 Å². The van der Waals surface area contributed by atoms with E-state index in [1.807, 2.05) is 6.92 Å². The summed E-state index contributed by atoms with van der Waals surface area (Å²) in [4.78, 5) is 25.2. The van der Waals surface area contributed by atoms with E-state index in [9.17, 15) is 9.59 Å². The van der Waals surface area contributed by atoms with Crippen LogP contribution in [0.4, 0.5) is 4.79 Å². The quantitative estimate of drug-likeness (QED) is 0.686. The maximum Gasteiger partial charge on any atom is 0.326 e. The van der Waals surface area contributed by atoms with Gasteiger partial charge in [0.15, 0.2) is 0 Å². The lowest BCUT2D eigenvalue weighted by Gasteiger charge is -2.35. The summed E-state index contributed by atoms with van der Waals surface area (Å²) in [6.07, 6.45) is 3.08. The Bertz CT molecular complexity index is 336. The number of likely N-dealkylation sites (tertiary alicyclic amines) is 1. The van der Waals surface area contributed by atoms with Crippen LogP contribution in [-0.2, 0) is 4.79 Å². The predicted molar refractivity (Wildman–Crippen MR) is 77.7 cm³/mol. The zero-order valence-corrected chi connectivity index (χ0v) is 12.7. The molecule has 0 saturated carbocycles. The van der Waals surface area contributed by atoms with Gasteiger partial charge in [-0.05, 0) is 32.4 Å². The average Bonchev–Trinajstić information content (AvgIpc) is 2.37. The molecule has 3 unspecified atom stereocenters. The number of hydrogen-bond donors (Lipinski definition) is 3. The monoisotopic (exact) mass is 285 g/mol. The standard InChI is InChI=1S/C14H27N3O3/c1-4-5-6-12(13(18)19)16-14(20)15-11-7-8-17(3)9-10(11)2/h10-12H,4-9H2,1-3H3,(H,18,19)(H2,15,16,20). The zero-order chi connectivity index (χ0) is 15.1. The SMILES string of the molecule is CCCCC(NC(=O)NC1CCN(C)CC1C)C(=O)O. The molecule has 20 heavy (non-hydrogen) atoms. The number of amides is 2. The Morgan fingerprint density at radius 2 is 2.15 bits per heavy atom. The molecule has 0 aromatic rings. The van der Waals surface area contributed by atoms with Gasteiger partial charge >= 0.3 is 12.0 Å². The second-order valence-electron chi connectivity index (χ2n) is 5.79. The van der Waals surface area contributed by atoms with Crippen molar-refractivity contribution in [1.29, 1.82) is 0 Å². The van der Waals surface area contributed by atoms with E-state index in [-0.39, 0.29) is 12.1 Å². The molecule has 1 aliphatic rings. The van der Waals surface area contributed by atoms with Crippen LogP contribution in [0.25, 0.3) is 0 Å². The van der Waals surface area contributed by atoms with Crippen LogP contribution in [0.5, 0.6) is 0 Å². The van der Waals surface area contributed by atoms with Crippen LogP contribution >= 0.6 is 0 Å². The molecule has 0 aromatic heterocycles. The Balaban J connectivity index is 2.43. The second-order valence-corrected chi connectivity index (χ2v) is 5.79. The summed E-state index contributed by atoms with van der Waals surface area (Å²) in [6.45, 7) is 6.00. The third-order valence-corrected chi connectivity index (χ3v) is 3.87. The maximum absolute atomic E-state index is 11.9. The fourth-order valence-corrected chi connectivity index (χ4v) is 2.60. The van der Waals surface area contributed by atoms with Crippen molar-refractivity contribution in [2.45, 2.75) is 51.6 Å². The maximum atomic E-state index is 11.9. The van der Waals surface area contributed by atoms with Gasteiger partial charge < -0.3 is 20.6 Å². The summed E-state index contributed by atoms with van der Waals surface area (Å²) in [7, 11) is 2.07. The molecule has 0 spiro atoms. The fraction of sp³-hybridized carbons (Fsp3) is 0.857. The average molecular weight is 285 g/mol. The number of carbonyl (C=O) groups is 2. The molecule has 1 heterocycles. The number of hydrogen-bond acceptors (Lipinski definition) is 3. The lowest BCUT2D eigenvalue weighted by molar-refractivity contribution is -0.139. The van der Waals surface area contributed by atoms with Crippen LogP contribution in [0, 0.1) is 5.92 Å². The lowest BCUT2D eigenvalue weighted by atomic mass is 9.94. The van der Waals surface area contributed by atoms with Crippen LogP contribution in [0.2, 0.25) is 0 Å².